The second-order valence-corrected chi connectivity index (χ2v) is 5.05. The van der Waals surface area contributed by atoms with E-state index in [4.69, 9.17) is 0 Å². The molecule has 1 aromatic carbocycles. The SMILES string of the molecule is O=C(NCCCn1ccnc1)c1cccc(-n2cccc2)c1. The van der Waals surface area contributed by atoms with E-state index in [1.165, 1.54) is 0 Å². The highest BCUT2D eigenvalue weighted by Gasteiger charge is 2.06. The zero-order chi connectivity index (χ0) is 15.2. The zero-order valence-electron chi connectivity index (χ0n) is 12.2. The Labute approximate surface area is 129 Å². The van der Waals surface area contributed by atoms with Crippen LogP contribution in [0.15, 0.2) is 67.5 Å². The first-order chi connectivity index (χ1) is 10.8. The molecule has 22 heavy (non-hydrogen) atoms. The lowest BCUT2D eigenvalue weighted by Gasteiger charge is -2.08. The van der Waals surface area contributed by atoms with Crippen molar-refractivity contribution < 1.29 is 4.79 Å². The topological polar surface area (TPSA) is 51.9 Å². The molecule has 0 aliphatic heterocycles. The van der Waals surface area contributed by atoms with Crippen LogP contribution in [0.4, 0.5) is 0 Å². The van der Waals surface area contributed by atoms with Gasteiger partial charge in [0.25, 0.3) is 5.91 Å². The predicted molar refractivity (Wildman–Crippen MR) is 84.9 cm³/mol. The van der Waals surface area contributed by atoms with Crippen molar-refractivity contribution in [2.75, 3.05) is 6.54 Å². The predicted octanol–water partition coefficient (Wildman–Crippen LogP) is 2.49. The molecule has 0 saturated carbocycles. The summed E-state index contributed by atoms with van der Waals surface area (Å²) < 4.78 is 3.98. The van der Waals surface area contributed by atoms with E-state index < -0.39 is 0 Å². The molecule has 5 heteroatoms. The third kappa shape index (κ3) is 3.44. The summed E-state index contributed by atoms with van der Waals surface area (Å²) in [6, 6.07) is 11.5. The normalized spacial score (nSPS) is 10.5. The Hall–Kier alpha value is -2.82. The molecule has 112 valence electrons. The van der Waals surface area contributed by atoms with Crippen molar-refractivity contribution in [3.05, 3.63) is 73.1 Å². The van der Waals surface area contributed by atoms with Gasteiger partial charge in [-0.3, -0.25) is 4.79 Å². The molecule has 3 rings (SSSR count). The highest BCUT2D eigenvalue weighted by atomic mass is 16.1. The molecule has 0 fully saturated rings. The molecule has 0 spiro atoms. The maximum Gasteiger partial charge on any atom is 0.251 e. The van der Waals surface area contributed by atoms with Gasteiger partial charge in [0.05, 0.1) is 6.33 Å². The minimum absolute atomic E-state index is 0.0420. The maximum absolute atomic E-state index is 12.2. The molecule has 5 nitrogen and oxygen atoms in total. The number of rotatable bonds is 6. The van der Waals surface area contributed by atoms with Gasteiger partial charge in [0.1, 0.15) is 0 Å². The summed E-state index contributed by atoms with van der Waals surface area (Å²) in [5, 5.41) is 2.95. The quantitative estimate of drug-likeness (QED) is 0.710. The van der Waals surface area contributed by atoms with E-state index in [1.807, 2.05) is 64.1 Å². The van der Waals surface area contributed by atoms with Crippen LogP contribution in [0.5, 0.6) is 0 Å². The highest BCUT2D eigenvalue weighted by Crippen LogP contribution is 2.10. The Morgan fingerprint density at radius 3 is 2.77 bits per heavy atom. The van der Waals surface area contributed by atoms with Crippen molar-refractivity contribution in [3.8, 4) is 5.69 Å². The Bertz CT molecular complexity index is 717. The van der Waals surface area contributed by atoms with Crippen LogP contribution in [0.1, 0.15) is 16.8 Å². The number of carbonyl (C=O) groups is 1. The summed E-state index contributed by atoms with van der Waals surface area (Å²) in [4.78, 5) is 16.2. The van der Waals surface area contributed by atoms with Crippen LogP contribution in [0, 0.1) is 0 Å². The first-order valence-corrected chi connectivity index (χ1v) is 7.30. The molecule has 2 aromatic heterocycles. The number of imidazole rings is 1. The smallest absolute Gasteiger partial charge is 0.251 e. The van der Waals surface area contributed by atoms with Crippen molar-refractivity contribution in [2.24, 2.45) is 0 Å². The molecule has 0 bridgehead atoms. The molecule has 1 amide bonds. The fraction of sp³-hybridized carbons (Fsp3) is 0.176. The van der Waals surface area contributed by atoms with Crippen LogP contribution < -0.4 is 5.32 Å². The molecule has 3 aromatic rings. The van der Waals surface area contributed by atoms with Crippen LogP contribution in [0.25, 0.3) is 5.69 Å². The number of nitrogens with one attached hydrogen (secondary N) is 1. The second-order valence-electron chi connectivity index (χ2n) is 5.05. The van der Waals surface area contributed by atoms with Crippen molar-refractivity contribution in [1.82, 2.24) is 19.4 Å². The average molecular weight is 294 g/mol. The minimum atomic E-state index is -0.0420. The van der Waals surface area contributed by atoms with Gasteiger partial charge in [0, 0.05) is 49.1 Å². The van der Waals surface area contributed by atoms with Gasteiger partial charge < -0.3 is 14.5 Å². The molecule has 2 heterocycles. The number of nitrogens with zero attached hydrogens (tertiary/aromatic N) is 3. The molecule has 0 unspecified atom stereocenters. The van der Waals surface area contributed by atoms with Crippen LogP contribution in [-0.2, 0) is 6.54 Å². The monoisotopic (exact) mass is 294 g/mol. The largest absolute Gasteiger partial charge is 0.352 e. The highest BCUT2D eigenvalue weighted by molar-refractivity contribution is 5.94. The van der Waals surface area contributed by atoms with Crippen molar-refractivity contribution in [2.45, 2.75) is 13.0 Å². The molecule has 0 aliphatic rings. The molecular formula is C17H18N4O. The molecule has 1 N–H and O–H groups in total. The molecule has 0 atom stereocenters. The summed E-state index contributed by atoms with van der Waals surface area (Å²) in [6.45, 7) is 1.49. The van der Waals surface area contributed by atoms with Gasteiger partial charge in [-0.05, 0) is 36.8 Å². The third-order valence-corrected chi connectivity index (χ3v) is 3.45. The molecule has 0 aliphatic carbocycles. The summed E-state index contributed by atoms with van der Waals surface area (Å²) in [5.74, 6) is -0.0420. The number of hydrogen-bond donors (Lipinski definition) is 1. The van der Waals surface area contributed by atoms with Crippen LogP contribution >= 0.6 is 0 Å². The lowest BCUT2D eigenvalue weighted by atomic mass is 10.2. The van der Waals surface area contributed by atoms with Crippen molar-refractivity contribution >= 4 is 5.91 Å². The van der Waals surface area contributed by atoms with E-state index in [9.17, 15) is 4.79 Å². The Kier molecular flexibility index (Phi) is 4.34. The summed E-state index contributed by atoms with van der Waals surface area (Å²) in [6.07, 6.45) is 10.2. The van der Waals surface area contributed by atoms with Gasteiger partial charge >= 0.3 is 0 Å². The van der Waals surface area contributed by atoms with E-state index in [0.717, 1.165) is 18.7 Å². The minimum Gasteiger partial charge on any atom is -0.352 e. The van der Waals surface area contributed by atoms with Crippen LogP contribution in [0.3, 0.4) is 0 Å². The van der Waals surface area contributed by atoms with E-state index in [0.29, 0.717) is 12.1 Å². The Balaban J connectivity index is 1.55. The van der Waals surface area contributed by atoms with E-state index in [1.54, 1.807) is 12.5 Å². The Morgan fingerprint density at radius 1 is 1.14 bits per heavy atom. The summed E-state index contributed by atoms with van der Waals surface area (Å²) in [7, 11) is 0. The number of hydrogen-bond acceptors (Lipinski definition) is 2. The lowest BCUT2D eigenvalue weighted by Crippen LogP contribution is -2.25. The fourth-order valence-electron chi connectivity index (χ4n) is 2.30. The zero-order valence-corrected chi connectivity index (χ0v) is 12.2. The van der Waals surface area contributed by atoms with Gasteiger partial charge in [-0.25, -0.2) is 4.98 Å². The standard InChI is InChI=1S/C17H18N4O/c22-17(19-7-4-9-20-12-8-18-14-20)15-5-3-6-16(13-15)21-10-1-2-11-21/h1-3,5-6,8,10-14H,4,7,9H2,(H,19,22). The summed E-state index contributed by atoms with van der Waals surface area (Å²) in [5.41, 5.74) is 1.66. The molecule has 0 radical (unpaired) electrons. The van der Waals surface area contributed by atoms with Gasteiger partial charge in [-0.15, -0.1) is 0 Å². The van der Waals surface area contributed by atoms with Gasteiger partial charge in [-0.1, -0.05) is 6.07 Å². The first-order valence-electron chi connectivity index (χ1n) is 7.30. The van der Waals surface area contributed by atoms with E-state index >= 15 is 0 Å². The molecule has 0 saturated heterocycles. The first kappa shape index (κ1) is 14.1. The fourth-order valence-corrected chi connectivity index (χ4v) is 2.30. The second kappa shape index (κ2) is 6.76. The number of amides is 1. The van der Waals surface area contributed by atoms with Crippen LogP contribution in [0.2, 0.25) is 0 Å². The summed E-state index contributed by atoms with van der Waals surface area (Å²) >= 11 is 0. The number of carbonyl (C=O) groups excluding carboxylic acids is 1. The van der Waals surface area contributed by atoms with Gasteiger partial charge in [0.2, 0.25) is 0 Å². The number of aromatic nitrogens is 3. The Morgan fingerprint density at radius 2 is 2.00 bits per heavy atom. The maximum atomic E-state index is 12.2. The van der Waals surface area contributed by atoms with Crippen LogP contribution in [-0.4, -0.2) is 26.6 Å². The van der Waals surface area contributed by atoms with Crippen molar-refractivity contribution in [3.63, 3.8) is 0 Å². The molecular weight excluding hydrogens is 276 g/mol. The third-order valence-electron chi connectivity index (χ3n) is 3.45. The van der Waals surface area contributed by atoms with E-state index in [2.05, 4.69) is 10.3 Å². The average Bonchev–Trinajstić information content (AvgIpc) is 3.24. The van der Waals surface area contributed by atoms with Crippen molar-refractivity contribution in [1.29, 1.82) is 0 Å². The van der Waals surface area contributed by atoms with E-state index in [-0.39, 0.29) is 5.91 Å². The number of benzene rings is 1. The lowest BCUT2D eigenvalue weighted by molar-refractivity contribution is 0.0952. The van der Waals surface area contributed by atoms with Gasteiger partial charge in [0.15, 0.2) is 0 Å². The van der Waals surface area contributed by atoms with Gasteiger partial charge in [-0.2, -0.15) is 0 Å². The number of aryl methyl sites for hydroxylation is 1.